The van der Waals surface area contributed by atoms with E-state index in [2.05, 4.69) is 20.7 Å². The highest BCUT2D eigenvalue weighted by Gasteiger charge is 2.16. The molecule has 0 radical (unpaired) electrons. The fraction of sp³-hybridized carbons (Fsp3) is 0.385. The summed E-state index contributed by atoms with van der Waals surface area (Å²) in [4.78, 5) is 24.3. The first-order valence-corrected chi connectivity index (χ1v) is 6.69. The Labute approximate surface area is 124 Å². The standard InChI is InChI=1S/C13H15BrFNO4/c1-3-16(7-13(18)19-2)12(17)8-20-11-5-4-9(15)6-10(11)14/h4-6H,3,7-8H2,1-2H3. The number of benzene rings is 1. The predicted molar refractivity (Wildman–Crippen MR) is 73.9 cm³/mol. The molecule has 1 aromatic carbocycles. The maximum atomic E-state index is 12.9. The zero-order valence-corrected chi connectivity index (χ0v) is 12.8. The molecule has 20 heavy (non-hydrogen) atoms. The lowest BCUT2D eigenvalue weighted by molar-refractivity contribution is -0.147. The van der Waals surface area contributed by atoms with Crippen molar-refractivity contribution >= 4 is 27.8 Å². The van der Waals surface area contributed by atoms with Crippen LogP contribution >= 0.6 is 15.9 Å². The second-order valence-electron chi connectivity index (χ2n) is 3.85. The fourth-order valence-corrected chi connectivity index (χ4v) is 1.89. The van der Waals surface area contributed by atoms with E-state index in [0.717, 1.165) is 0 Å². The van der Waals surface area contributed by atoms with E-state index in [-0.39, 0.29) is 19.1 Å². The molecule has 0 aliphatic heterocycles. The van der Waals surface area contributed by atoms with Gasteiger partial charge in [-0.2, -0.15) is 0 Å². The number of halogens is 2. The molecular weight excluding hydrogens is 333 g/mol. The molecule has 0 saturated carbocycles. The molecule has 7 heteroatoms. The maximum absolute atomic E-state index is 12.9. The van der Waals surface area contributed by atoms with E-state index in [0.29, 0.717) is 16.8 Å². The van der Waals surface area contributed by atoms with Crippen LogP contribution < -0.4 is 4.74 Å². The predicted octanol–water partition coefficient (Wildman–Crippen LogP) is 1.99. The average molecular weight is 348 g/mol. The summed E-state index contributed by atoms with van der Waals surface area (Å²) < 4.78 is 23.1. The van der Waals surface area contributed by atoms with Gasteiger partial charge < -0.3 is 14.4 Å². The van der Waals surface area contributed by atoms with Gasteiger partial charge in [0.15, 0.2) is 6.61 Å². The van der Waals surface area contributed by atoms with Crippen LogP contribution in [0.15, 0.2) is 22.7 Å². The maximum Gasteiger partial charge on any atom is 0.325 e. The minimum atomic E-state index is -0.497. The fourth-order valence-electron chi connectivity index (χ4n) is 1.42. The van der Waals surface area contributed by atoms with Crippen LogP contribution in [0.5, 0.6) is 5.75 Å². The lowest BCUT2D eigenvalue weighted by atomic mass is 10.3. The van der Waals surface area contributed by atoms with Gasteiger partial charge in [0.2, 0.25) is 0 Å². The van der Waals surface area contributed by atoms with Crippen molar-refractivity contribution < 1.29 is 23.5 Å². The number of hydrogen-bond acceptors (Lipinski definition) is 4. The summed E-state index contributed by atoms with van der Waals surface area (Å²) in [6.07, 6.45) is 0. The number of ether oxygens (including phenoxy) is 2. The highest BCUT2D eigenvalue weighted by atomic mass is 79.9. The van der Waals surface area contributed by atoms with Gasteiger partial charge in [-0.1, -0.05) is 0 Å². The first kappa shape index (κ1) is 16.4. The smallest absolute Gasteiger partial charge is 0.325 e. The third kappa shape index (κ3) is 4.80. The average Bonchev–Trinajstić information content (AvgIpc) is 2.43. The Kier molecular flexibility index (Phi) is 6.44. The van der Waals surface area contributed by atoms with Crippen LogP contribution in [-0.4, -0.2) is 43.6 Å². The molecule has 5 nitrogen and oxygen atoms in total. The number of carbonyl (C=O) groups is 2. The van der Waals surface area contributed by atoms with E-state index in [4.69, 9.17) is 4.74 Å². The summed E-state index contributed by atoms with van der Waals surface area (Å²) in [7, 11) is 1.26. The van der Waals surface area contributed by atoms with Crippen molar-refractivity contribution in [2.75, 3.05) is 26.8 Å². The van der Waals surface area contributed by atoms with Crippen LogP contribution in [0.1, 0.15) is 6.92 Å². The Morgan fingerprint density at radius 1 is 1.40 bits per heavy atom. The number of carbonyl (C=O) groups excluding carboxylic acids is 2. The van der Waals surface area contributed by atoms with Gasteiger partial charge in [-0.05, 0) is 41.1 Å². The molecule has 0 saturated heterocycles. The zero-order chi connectivity index (χ0) is 15.1. The monoisotopic (exact) mass is 347 g/mol. The number of rotatable bonds is 6. The normalized spacial score (nSPS) is 10.0. The lowest BCUT2D eigenvalue weighted by Crippen LogP contribution is -2.38. The molecule has 1 amide bonds. The van der Waals surface area contributed by atoms with Gasteiger partial charge in [0, 0.05) is 6.54 Å². The van der Waals surface area contributed by atoms with Crippen LogP contribution in [0.2, 0.25) is 0 Å². The van der Waals surface area contributed by atoms with Crippen LogP contribution in [0, 0.1) is 5.82 Å². The largest absolute Gasteiger partial charge is 0.483 e. The quantitative estimate of drug-likeness (QED) is 0.738. The summed E-state index contributed by atoms with van der Waals surface area (Å²) in [5, 5.41) is 0. The molecule has 0 aliphatic carbocycles. The Balaban J connectivity index is 2.58. The highest BCUT2D eigenvalue weighted by Crippen LogP contribution is 2.25. The van der Waals surface area contributed by atoms with E-state index in [1.165, 1.54) is 30.2 Å². The van der Waals surface area contributed by atoms with Crippen molar-refractivity contribution in [2.45, 2.75) is 6.92 Å². The Morgan fingerprint density at radius 3 is 2.65 bits per heavy atom. The van der Waals surface area contributed by atoms with Gasteiger partial charge in [0.25, 0.3) is 5.91 Å². The Hall–Kier alpha value is -1.63. The van der Waals surface area contributed by atoms with Crippen molar-refractivity contribution in [1.29, 1.82) is 0 Å². The summed E-state index contributed by atoms with van der Waals surface area (Å²) in [5.74, 6) is -0.900. The molecular formula is C13H15BrFNO4. The van der Waals surface area contributed by atoms with Crippen LogP contribution in [0.4, 0.5) is 4.39 Å². The number of nitrogens with zero attached hydrogens (tertiary/aromatic N) is 1. The number of esters is 1. The van der Waals surface area contributed by atoms with Crippen molar-refractivity contribution in [3.63, 3.8) is 0 Å². The van der Waals surface area contributed by atoms with Crippen LogP contribution in [-0.2, 0) is 14.3 Å². The molecule has 0 spiro atoms. The molecule has 110 valence electrons. The van der Waals surface area contributed by atoms with Gasteiger partial charge in [-0.3, -0.25) is 9.59 Å². The molecule has 0 heterocycles. The Morgan fingerprint density at radius 2 is 2.10 bits per heavy atom. The van der Waals surface area contributed by atoms with Crippen molar-refractivity contribution in [1.82, 2.24) is 4.90 Å². The second kappa shape index (κ2) is 7.84. The number of amides is 1. The molecule has 0 bridgehead atoms. The van der Waals surface area contributed by atoms with Crippen LogP contribution in [0.25, 0.3) is 0 Å². The third-order valence-electron chi connectivity index (χ3n) is 2.53. The molecule has 0 fully saturated rings. The molecule has 1 rings (SSSR count). The van der Waals surface area contributed by atoms with Crippen molar-refractivity contribution in [3.8, 4) is 5.75 Å². The van der Waals surface area contributed by atoms with E-state index in [1.54, 1.807) is 6.92 Å². The summed E-state index contributed by atoms with van der Waals surface area (Å²) in [5.41, 5.74) is 0. The highest BCUT2D eigenvalue weighted by molar-refractivity contribution is 9.10. The molecule has 0 aromatic heterocycles. The van der Waals surface area contributed by atoms with Crippen LogP contribution in [0.3, 0.4) is 0 Å². The summed E-state index contributed by atoms with van der Waals surface area (Å²) in [6.45, 7) is 1.74. The molecule has 0 N–H and O–H groups in total. The van der Waals surface area contributed by atoms with Crippen molar-refractivity contribution in [3.05, 3.63) is 28.5 Å². The molecule has 1 aromatic rings. The van der Waals surface area contributed by atoms with Crippen molar-refractivity contribution in [2.24, 2.45) is 0 Å². The minimum Gasteiger partial charge on any atom is -0.483 e. The van der Waals surface area contributed by atoms with E-state index >= 15 is 0 Å². The third-order valence-corrected chi connectivity index (χ3v) is 3.15. The first-order valence-electron chi connectivity index (χ1n) is 5.90. The molecule has 0 unspecified atom stereocenters. The van der Waals surface area contributed by atoms with Gasteiger partial charge in [0.05, 0.1) is 11.6 Å². The van der Waals surface area contributed by atoms with Gasteiger partial charge in [-0.25, -0.2) is 4.39 Å². The number of likely N-dealkylation sites (N-methyl/N-ethyl adjacent to an activating group) is 1. The summed E-state index contributed by atoms with van der Waals surface area (Å²) in [6, 6.07) is 3.89. The minimum absolute atomic E-state index is 0.125. The second-order valence-corrected chi connectivity index (χ2v) is 4.70. The van der Waals surface area contributed by atoms with E-state index < -0.39 is 11.8 Å². The Bertz CT molecular complexity index is 495. The summed E-state index contributed by atoms with van der Waals surface area (Å²) >= 11 is 3.14. The first-order chi connectivity index (χ1) is 9.47. The number of methoxy groups -OCH3 is 1. The number of hydrogen-bond donors (Lipinski definition) is 0. The van der Waals surface area contributed by atoms with E-state index in [9.17, 15) is 14.0 Å². The van der Waals surface area contributed by atoms with E-state index in [1.807, 2.05) is 0 Å². The lowest BCUT2D eigenvalue weighted by Gasteiger charge is -2.19. The SMILES string of the molecule is CCN(CC(=O)OC)C(=O)COc1ccc(F)cc1Br. The van der Waals surface area contributed by atoms with Gasteiger partial charge in [0.1, 0.15) is 18.1 Å². The van der Waals surface area contributed by atoms with Gasteiger partial charge >= 0.3 is 5.97 Å². The van der Waals surface area contributed by atoms with Gasteiger partial charge in [-0.15, -0.1) is 0 Å². The molecule has 0 aliphatic rings. The topological polar surface area (TPSA) is 55.8 Å². The zero-order valence-electron chi connectivity index (χ0n) is 11.2. The molecule has 0 atom stereocenters.